The van der Waals surface area contributed by atoms with E-state index in [4.69, 9.17) is 9.72 Å². The Labute approximate surface area is 197 Å². The molecule has 0 radical (unpaired) electrons. The topological polar surface area (TPSA) is 124 Å². The van der Waals surface area contributed by atoms with Crippen LogP contribution in [0.15, 0.2) is 36.5 Å². The average Bonchev–Trinajstić information content (AvgIpc) is 3.46. The van der Waals surface area contributed by atoms with E-state index in [-0.39, 0.29) is 31.5 Å². The van der Waals surface area contributed by atoms with E-state index in [1.165, 1.54) is 11.8 Å². The lowest BCUT2D eigenvalue weighted by molar-refractivity contribution is -0.143. The number of rotatable bonds is 9. The number of hydrogen-bond acceptors (Lipinski definition) is 7. The summed E-state index contributed by atoms with van der Waals surface area (Å²) in [5, 5.41) is 7.12. The number of carbonyl (C=O) groups is 3. The van der Waals surface area contributed by atoms with Crippen LogP contribution in [0.3, 0.4) is 0 Å². The fourth-order valence-electron chi connectivity index (χ4n) is 4.20. The molecule has 0 saturated carbocycles. The van der Waals surface area contributed by atoms with E-state index >= 15 is 0 Å². The molecule has 1 aromatic carbocycles. The minimum absolute atomic E-state index is 0.0305. The van der Waals surface area contributed by atoms with E-state index in [2.05, 4.69) is 15.2 Å². The largest absolute Gasteiger partial charge is 0.465 e. The summed E-state index contributed by atoms with van der Waals surface area (Å²) >= 11 is 0. The SMILES string of the molecule is CCCN1CN(CC(C)=O)C(=O)c2[nH]c(-c3cn[nH]c3C(C(=O)OCC)c3ccccc3)nc21. The predicted molar refractivity (Wildman–Crippen MR) is 125 cm³/mol. The lowest BCUT2D eigenvalue weighted by Crippen LogP contribution is -2.48. The number of carbonyl (C=O) groups excluding carboxylic acids is 3. The lowest BCUT2D eigenvalue weighted by atomic mass is 9.93. The van der Waals surface area contributed by atoms with Crippen molar-refractivity contribution in [2.24, 2.45) is 0 Å². The molecule has 0 spiro atoms. The van der Waals surface area contributed by atoms with Crippen molar-refractivity contribution in [3.05, 3.63) is 53.5 Å². The van der Waals surface area contributed by atoms with Gasteiger partial charge in [-0.2, -0.15) is 5.10 Å². The first-order valence-electron chi connectivity index (χ1n) is 11.3. The molecule has 1 aliphatic rings. The lowest BCUT2D eigenvalue weighted by Gasteiger charge is -2.34. The van der Waals surface area contributed by atoms with Crippen LogP contribution in [0.2, 0.25) is 0 Å². The van der Waals surface area contributed by atoms with E-state index in [0.717, 1.165) is 12.0 Å². The molecule has 0 bridgehead atoms. The number of nitrogens with one attached hydrogen (secondary N) is 2. The first-order valence-corrected chi connectivity index (χ1v) is 11.3. The zero-order valence-electron chi connectivity index (χ0n) is 19.5. The molecule has 10 heteroatoms. The van der Waals surface area contributed by atoms with Crippen molar-refractivity contribution in [3.63, 3.8) is 0 Å². The van der Waals surface area contributed by atoms with Gasteiger partial charge in [0.05, 0.1) is 37.3 Å². The fourth-order valence-corrected chi connectivity index (χ4v) is 4.20. The van der Waals surface area contributed by atoms with Gasteiger partial charge >= 0.3 is 5.97 Å². The summed E-state index contributed by atoms with van der Waals surface area (Å²) in [6, 6.07) is 9.29. The molecule has 3 aromatic rings. The Morgan fingerprint density at radius 3 is 2.62 bits per heavy atom. The Morgan fingerprint density at radius 2 is 1.94 bits per heavy atom. The maximum Gasteiger partial charge on any atom is 0.319 e. The van der Waals surface area contributed by atoms with Gasteiger partial charge < -0.3 is 19.5 Å². The third-order valence-corrected chi connectivity index (χ3v) is 5.60. The smallest absolute Gasteiger partial charge is 0.319 e. The molecule has 0 saturated heterocycles. The van der Waals surface area contributed by atoms with Crippen molar-refractivity contribution in [2.45, 2.75) is 33.1 Å². The van der Waals surface area contributed by atoms with Crippen LogP contribution in [0, 0.1) is 0 Å². The summed E-state index contributed by atoms with van der Waals surface area (Å²) in [6.07, 6.45) is 2.43. The van der Waals surface area contributed by atoms with Gasteiger partial charge in [0.2, 0.25) is 0 Å². The number of ether oxygens (including phenoxy) is 1. The van der Waals surface area contributed by atoms with Gasteiger partial charge in [-0.1, -0.05) is 37.3 Å². The summed E-state index contributed by atoms with van der Waals surface area (Å²) in [5.74, 6) is -0.583. The summed E-state index contributed by atoms with van der Waals surface area (Å²) in [4.78, 5) is 49.1. The van der Waals surface area contributed by atoms with Crippen molar-refractivity contribution in [1.29, 1.82) is 0 Å². The number of anilines is 1. The van der Waals surface area contributed by atoms with Gasteiger partial charge in [-0.25, -0.2) is 4.98 Å². The maximum atomic E-state index is 13.1. The molecule has 0 aliphatic carbocycles. The normalized spacial score (nSPS) is 14.1. The van der Waals surface area contributed by atoms with Crippen LogP contribution in [0.5, 0.6) is 0 Å². The number of esters is 1. The number of hydrogen-bond donors (Lipinski definition) is 2. The zero-order valence-corrected chi connectivity index (χ0v) is 19.5. The van der Waals surface area contributed by atoms with Gasteiger partial charge in [-0.3, -0.25) is 19.5 Å². The van der Waals surface area contributed by atoms with E-state index in [0.29, 0.717) is 35.1 Å². The highest BCUT2D eigenvalue weighted by Crippen LogP contribution is 2.35. The van der Waals surface area contributed by atoms with Crippen LogP contribution >= 0.6 is 0 Å². The van der Waals surface area contributed by atoms with E-state index in [1.807, 2.05) is 42.2 Å². The third kappa shape index (κ3) is 4.43. The van der Waals surface area contributed by atoms with Gasteiger partial charge in [-0.15, -0.1) is 0 Å². The Balaban J connectivity index is 1.77. The number of nitrogens with zero attached hydrogens (tertiary/aromatic N) is 4. The highest BCUT2D eigenvalue weighted by molar-refractivity contribution is 6.01. The predicted octanol–water partition coefficient (Wildman–Crippen LogP) is 2.71. The molecular weight excluding hydrogens is 436 g/mol. The van der Waals surface area contributed by atoms with E-state index in [9.17, 15) is 14.4 Å². The molecule has 3 heterocycles. The number of aromatic nitrogens is 4. The number of H-pyrrole nitrogens is 2. The minimum Gasteiger partial charge on any atom is -0.465 e. The minimum atomic E-state index is -0.738. The highest BCUT2D eigenvalue weighted by Gasteiger charge is 2.35. The van der Waals surface area contributed by atoms with Crippen LogP contribution in [0.4, 0.5) is 5.82 Å². The molecule has 34 heavy (non-hydrogen) atoms. The first-order chi connectivity index (χ1) is 16.4. The molecule has 10 nitrogen and oxygen atoms in total. The molecule has 2 aromatic heterocycles. The van der Waals surface area contributed by atoms with Crippen LogP contribution < -0.4 is 4.90 Å². The van der Waals surface area contributed by atoms with Crippen LogP contribution in [-0.2, 0) is 14.3 Å². The highest BCUT2D eigenvalue weighted by atomic mass is 16.5. The number of amides is 1. The molecule has 178 valence electrons. The second-order valence-corrected chi connectivity index (χ2v) is 8.19. The van der Waals surface area contributed by atoms with E-state index < -0.39 is 11.9 Å². The molecule has 1 amide bonds. The maximum absolute atomic E-state index is 13.1. The number of imidazole rings is 1. The molecule has 1 unspecified atom stereocenters. The summed E-state index contributed by atoms with van der Waals surface area (Å²) in [7, 11) is 0. The molecule has 1 aliphatic heterocycles. The van der Waals surface area contributed by atoms with Crippen molar-refractivity contribution in [2.75, 3.05) is 31.3 Å². The molecule has 2 N–H and O–H groups in total. The number of aromatic amines is 2. The number of Topliss-reactive ketones (excluding diaryl/α,β-unsaturated/α-hetero) is 1. The quantitative estimate of drug-likeness (QED) is 0.467. The van der Waals surface area contributed by atoms with E-state index in [1.54, 1.807) is 13.1 Å². The van der Waals surface area contributed by atoms with Crippen LogP contribution in [0.25, 0.3) is 11.4 Å². The van der Waals surface area contributed by atoms with Crippen molar-refractivity contribution >= 4 is 23.5 Å². The Kier molecular flexibility index (Phi) is 6.76. The number of fused-ring (bicyclic) bond motifs is 1. The van der Waals surface area contributed by atoms with Crippen molar-refractivity contribution < 1.29 is 19.1 Å². The molecule has 4 rings (SSSR count). The standard InChI is InChI=1S/C24H28N6O4/c1-4-11-29-14-30(13-15(3)31)23(32)20-22(29)27-21(26-20)17-12-25-28-19(17)18(24(33)34-5-2)16-9-7-6-8-10-16/h6-10,12,18H,4-5,11,13-14H2,1-3H3,(H,25,28)(H,26,27). The van der Waals surface area contributed by atoms with Gasteiger partial charge in [0.15, 0.2) is 5.82 Å². The first kappa shape index (κ1) is 23.2. The third-order valence-electron chi connectivity index (χ3n) is 5.60. The van der Waals surface area contributed by atoms with Crippen LogP contribution in [0.1, 0.15) is 54.9 Å². The van der Waals surface area contributed by atoms with Gasteiger partial charge in [-0.05, 0) is 25.8 Å². The Morgan fingerprint density at radius 1 is 1.18 bits per heavy atom. The van der Waals surface area contributed by atoms with Gasteiger partial charge in [0, 0.05) is 6.54 Å². The van der Waals surface area contributed by atoms with Gasteiger partial charge in [0.25, 0.3) is 5.91 Å². The second-order valence-electron chi connectivity index (χ2n) is 8.19. The molecular formula is C24H28N6O4. The fraction of sp³-hybridized carbons (Fsp3) is 0.375. The Hall–Kier alpha value is -3.95. The Bertz CT molecular complexity index is 1190. The van der Waals surface area contributed by atoms with Gasteiger partial charge in [0.1, 0.15) is 23.2 Å². The summed E-state index contributed by atoms with van der Waals surface area (Å²) in [6.45, 7) is 6.49. The van der Waals surface area contributed by atoms with Crippen molar-refractivity contribution in [3.8, 4) is 11.4 Å². The number of benzene rings is 1. The van der Waals surface area contributed by atoms with Crippen LogP contribution in [-0.4, -0.2) is 69.1 Å². The molecule has 1 atom stereocenters. The molecule has 0 fully saturated rings. The number of ketones is 1. The zero-order chi connectivity index (χ0) is 24.2. The monoisotopic (exact) mass is 464 g/mol. The summed E-state index contributed by atoms with van der Waals surface area (Å²) in [5.41, 5.74) is 2.15. The average molecular weight is 465 g/mol. The summed E-state index contributed by atoms with van der Waals surface area (Å²) < 4.78 is 5.35. The second kappa shape index (κ2) is 9.90. The van der Waals surface area contributed by atoms with Crippen molar-refractivity contribution in [1.82, 2.24) is 25.1 Å².